The quantitative estimate of drug-likeness (QED) is 0.291. The minimum atomic E-state index is -0.650. The lowest BCUT2D eigenvalue weighted by atomic mass is 9.96. The third kappa shape index (κ3) is 6.00. The summed E-state index contributed by atoms with van der Waals surface area (Å²) in [6.45, 7) is 5.59. The number of fused-ring (bicyclic) bond motifs is 1. The molecule has 214 valence electrons. The highest BCUT2D eigenvalue weighted by Gasteiger charge is 2.32. The van der Waals surface area contributed by atoms with Gasteiger partial charge in [-0.25, -0.2) is 9.79 Å². The number of hydrogen-bond donors (Lipinski definition) is 1. The molecule has 8 nitrogen and oxygen atoms in total. The third-order valence-electron chi connectivity index (χ3n) is 6.95. The van der Waals surface area contributed by atoms with Crippen LogP contribution in [0.4, 0.5) is 5.69 Å². The molecule has 4 aromatic rings. The maximum atomic E-state index is 13.7. The molecule has 1 N–H and O–H groups in total. The first-order valence-corrected chi connectivity index (χ1v) is 14.7. The Balaban J connectivity index is 1.37. The molecule has 0 saturated carbocycles. The summed E-state index contributed by atoms with van der Waals surface area (Å²) in [5, 5.41) is 2.86. The lowest BCUT2D eigenvalue weighted by Crippen LogP contribution is -2.39. The average molecular weight is 647 g/mol. The van der Waals surface area contributed by atoms with E-state index in [1.54, 1.807) is 29.7 Å². The molecule has 1 amide bonds. The van der Waals surface area contributed by atoms with Crippen molar-refractivity contribution in [1.82, 2.24) is 4.57 Å². The highest BCUT2D eigenvalue weighted by molar-refractivity contribution is 9.10. The number of esters is 1. The molecule has 0 radical (unpaired) electrons. The summed E-state index contributed by atoms with van der Waals surface area (Å²) in [6.07, 6.45) is 1.77. The van der Waals surface area contributed by atoms with Crippen LogP contribution in [-0.4, -0.2) is 30.2 Å². The number of carbonyl (C=O) groups excluding carboxylic acids is 2. The fraction of sp³-hybridized carbons (Fsp3) is 0.188. The van der Waals surface area contributed by atoms with E-state index in [9.17, 15) is 14.4 Å². The number of nitrogens with zero attached hydrogens (tertiary/aromatic N) is 2. The normalized spacial score (nSPS) is 14.7. The fourth-order valence-corrected chi connectivity index (χ4v) is 6.27. The Hall–Kier alpha value is -4.28. The predicted octanol–water partition coefficient (Wildman–Crippen LogP) is 4.81. The average Bonchev–Trinajstić information content (AvgIpc) is 3.28. The summed E-state index contributed by atoms with van der Waals surface area (Å²) in [6, 6.07) is 19.7. The molecule has 0 spiro atoms. The first kappa shape index (κ1) is 29.2. The Morgan fingerprint density at radius 3 is 2.43 bits per heavy atom. The number of allylic oxidation sites excluding steroid dienone is 1. The van der Waals surface area contributed by atoms with Gasteiger partial charge in [0, 0.05) is 4.47 Å². The van der Waals surface area contributed by atoms with Crippen LogP contribution in [0.25, 0.3) is 6.08 Å². The van der Waals surface area contributed by atoms with E-state index in [0.717, 1.165) is 26.7 Å². The van der Waals surface area contributed by atoms with Crippen LogP contribution in [0, 0.1) is 13.8 Å². The molecule has 1 atom stereocenters. The van der Waals surface area contributed by atoms with Crippen molar-refractivity contribution in [2.24, 2.45) is 4.99 Å². The number of thiazole rings is 1. The lowest BCUT2D eigenvalue weighted by Gasteiger charge is -2.24. The molecule has 5 rings (SSSR count). The van der Waals surface area contributed by atoms with Crippen LogP contribution in [0.5, 0.6) is 5.75 Å². The van der Waals surface area contributed by atoms with Crippen molar-refractivity contribution in [2.75, 3.05) is 19.0 Å². The van der Waals surface area contributed by atoms with Gasteiger partial charge in [-0.3, -0.25) is 14.2 Å². The molecular formula is C32H28BrN3O5S. The minimum absolute atomic E-state index is 0.154. The summed E-state index contributed by atoms with van der Waals surface area (Å²) >= 11 is 4.74. The zero-order chi connectivity index (χ0) is 30.0. The van der Waals surface area contributed by atoms with Gasteiger partial charge in [0.1, 0.15) is 5.75 Å². The van der Waals surface area contributed by atoms with Crippen LogP contribution in [0.1, 0.15) is 35.2 Å². The van der Waals surface area contributed by atoms with E-state index in [0.29, 0.717) is 32.0 Å². The van der Waals surface area contributed by atoms with Gasteiger partial charge in [0.2, 0.25) is 0 Å². The lowest BCUT2D eigenvalue weighted by molar-refractivity contribution is -0.136. The molecule has 42 heavy (non-hydrogen) atoms. The van der Waals surface area contributed by atoms with Crippen molar-refractivity contribution >= 4 is 50.9 Å². The number of aromatic nitrogens is 1. The number of anilines is 1. The molecule has 2 heterocycles. The number of carbonyl (C=O) groups is 2. The number of halogens is 1. The van der Waals surface area contributed by atoms with Crippen molar-refractivity contribution in [3.8, 4) is 5.75 Å². The molecule has 1 aliphatic heterocycles. The summed E-state index contributed by atoms with van der Waals surface area (Å²) in [5.41, 5.74) is 5.04. The molecule has 0 saturated heterocycles. The Bertz CT molecular complexity index is 1890. The van der Waals surface area contributed by atoms with Crippen LogP contribution in [0.2, 0.25) is 0 Å². The smallest absolute Gasteiger partial charge is 0.338 e. The van der Waals surface area contributed by atoms with Gasteiger partial charge in [-0.2, -0.15) is 0 Å². The third-order valence-corrected chi connectivity index (χ3v) is 8.59. The number of hydrogen-bond acceptors (Lipinski definition) is 7. The molecule has 10 heteroatoms. The van der Waals surface area contributed by atoms with E-state index in [-0.39, 0.29) is 18.1 Å². The summed E-state index contributed by atoms with van der Waals surface area (Å²) < 4.78 is 13.6. The topological polar surface area (TPSA) is 99.0 Å². The first-order valence-electron chi connectivity index (χ1n) is 13.1. The van der Waals surface area contributed by atoms with Crippen molar-refractivity contribution in [2.45, 2.75) is 26.8 Å². The van der Waals surface area contributed by atoms with Gasteiger partial charge in [-0.1, -0.05) is 53.8 Å². The number of ether oxygens (including phenoxy) is 2. The van der Waals surface area contributed by atoms with E-state index < -0.39 is 12.0 Å². The number of aryl methyl sites for hydroxylation is 2. The largest absolute Gasteiger partial charge is 0.484 e. The van der Waals surface area contributed by atoms with Gasteiger partial charge in [0.15, 0.2) is 11.4 Å². The zero-order valence-corrected chi connectivity index (χ0v) is 25.8. The van der Waals surface area contributed by atoms with Crippen LogP contribution >= 0.6 is 27.3 Å². The summed E-state index contributed by atoms with van der Waals surface area (Å²) in [4.78, 5) is 44.0. The Kier molecular flexibility index (Phi) is 8.56. The van der Waals surface area contributed by atoms with Crippen LogP contribution in [-0.2, 0) is 14.3 Å². The summed E-state index contributed by atoms with van der Waals surface area (Å²) in [5.74, 6) is -0.283. The maximum absolute atomic E-state index is 13.7. The van der Waals surface area contributed by atoms with Gasteiger partial charge in [0.05, 0.1) is 34.6 Å². The number of methoxy groups -OCH3 is 1. The second-order valence-electron chi connectivity index (χ2n) is 9.81. The second kappa shape index (κ2) is 12.3. The van der Waals surface area contributed by atoms with Crippen molar-refractivity contribution < 1.29 is 19.1 Å². The molecule has 1 aliphatic rings. The number of nitrogens with one attached hydrogen (secondary N) is 1. The standard InChI is InChI=1S/C32H28BrN3O5S/c1-18-14-24(33)25(15-19(18)2)35-27(37)17-41-23-12-10-21(11-13-23)16-26-30(38)36-29(22-8-6-5-7-9-22)28(31(39)40-4)20(3)34-32(36)42-26/h5-16,29H,17H2,1-4H3,(H,35,37)/b26-16+/t29-/m1/s1. The molecule has 0 bridgehead atoms. The first-order chi connectivity index (χ1) is 20.2. The van der Waals surface area contributed by atoms with E-state index >= 15 is 0 Å². The maximum Gasteiger partial charge on any atom is 0.338 e. The SMILES string of the molecule is COC(=O)C1=C(C)N=c2s/c(=C/c3ccc(OCC(=O)Nc4cc(C)c(C)cc4Br)cc3)c(=O)n2[C@@H]1c1ccccc1. The zero-order valence-electron chi connectivity index (χ0n) is 23.4. The van der Waals surface area contributed by atoms with Crippen LogP contribution in [0.3, 0.4) is 0 Å². The molecule has 0 fully saturated rings. The van der Waals surface area contributed by atoms with Crippen molar-refractivity contribution in [3.63, 3.8) is 0 Å². The highest BCUT2D eigenvalue weighted by Crippen LogP contribution is 2.30. The Morgan fingerprint density at radius 2 is 1.74 bits per heavy atom. The molecular weight excluding hydrogens is 618 g/mol. The molecule has 0 unspecified atom stereocenters. The van der Waals surface area contributed by atoms with E-state index in [1.807, 2.05) is 68.4 Å². The van der Waals surface area contributed by atoms with Gasteiger partial charge < -0.3 is 14.8 Å². The van der Waals surface area contributed by atoms with Crippen LogP contribution in [0.15, 0.2) is 92.3 Å². The predicted molar refractivity (Wildman–Crippen MR) is 166 cm³/mol. The molecule has 3 aromatic carbocycles. The van der Waals surface area contributed by atoms with E-state index in [4.69, 9.17) is 9.47 Å². The second-order valence-corrected chi connectivity index (χ2v) is 11.7. The van der Waals surface area contributed by atoms with Gasteiger partial charge in [0.25, 0.3) is 11.5 Å². The van der Waals surface area contributed by atoms with E-state index in [1.165, 1.54) is 18.4 Å². The van der Waals surface area contributed by atoms with Gasteiger partial charge in [-0.15, -0.1) is 0 Å². The number of benzene rings is 3. The van der Waals surface area contributed by atoms with Gasteiger partial charge in [-0.05, 0) is 89.3 Å². The highest BCUT2D eigenvalue weighted by atomic mass is 79.9. The fourth-order valence-electron chi connectivity index (χ4n) is 4.67. The Labute approximate surface area is 254 Å². The van der Waals surface area contributed by atoms with Crippen molar-refractivity contribution in [1.29, 1.82) is 0 Å². The Morgan fingerprint density at radius 1 is 1.05 bits per heavy atom. The van der Waals surface area contributed by atoms with Gasteiger partial charge >= 0.3 is 5.97 Å². The van der Waals surface area contributed by atoms with E-state index in [2.05, 4.69) is 26.2 Å². The number of amides is 1. The molecule has 1 aromatic heterocycles. The van der Waals surface area contributed by atoms with Crippen LogP contribution < -0.4 is 24.9 Å². The molecule has 0 aliphatic carbocycles. The summed E-state index contributed by atoms with van der Waals surface area (Å²) in [7, 11) is 1.32. The van der Waals surface area contributed by atoms with Crippen molar-refractivity contribution in [3.05, 3.63) is 124 Å². The monoisotopic (exact) mass is 645 g/mol. The minimum Gasteiger partial charge on any atom is -0.484 e. The number of rotatable bonds is 7.